The van der Waals surface area contributed by atoms with Gasteiger partial charge in [-0.05, 0) is 74.5 Å². The molecule has 32 heavy (non-hydrogen) atoms. The average molecular weight is 465 g/mol. The van der Waals surface area contributed by atoms with E-state index in [1.165, 1.54) is 34.1 Å². The lowest BCUT2D eigenvalue weighted by Gasteiger charge is -2.06. The Hall–Kier alpha value is -3.13. The Bertz CT molecular complexity index is 896. The highest BCUT2D eigenvalue weighted by atomic mass is 32.2. The predicted molar refractivity (Wildman–Crippen MR) is 117 cm³/mol. The van der Waals surface area contributed by atoms with Gasteiger partial charge in [0.1, 0.15) is 17.2 Å². The first-order chi connectivity index (χ1) is 15.3. The SMILES string of the molecule is CCOc1ccc(Sc2ccc(OCC)cc2)cc1.O=C(Oc1ccccc1)C(F)(F)F. The van der Waals surface area contributed by atoms with Crippen molar-refractivity contribution in [2.45, 2.75) is 29.8 Å². The number of esters is 1. The number of rotatable bonds is 7. The van der Waals surface area contributed by atoms with Crippen LogP contribution in [0.1, 0.15) is 13.8 Å². The Kier molecular flexibility index (Phi) is 9.94. The van der Waals surface area contributed by atoms with Crippen molar-refractivity contribution < 1.29 is 32.2 Å². The summed E-state index contributed by atoms with van der Waals surface area (Å²) in [7, 11) is 0. The lowest BCUT2D eigenvalue weighted by molar-refractivity contribution is -0.189. The number of hydrogen-bond acceptors (Lipinski definition) is 5. The Morgan fingerprint density at radius 1 is 0.719 bits per heavy atom. The summed E-state index contributed by atoms with van der Waals surface area (Å²) >= 11 is 1.73. The number of alkyl halides is 3. The molecular weight excluding hydrogens is 441 g/mol. The molecule has 0 spiro atoms. The van der Waals surface area contributed by atoms with Crippen molar-refractivity contribution in [2.24, 2.45) is 0 Å². The number of carbonyl (C=O) groups excluding carboxylic acids is 1. The summed E-state index contributed by atoms with van der Waals surface area (Å²) in [4.78, 5) is 12.7. The van der Waals surface area contributed by atoms with Gasteiger partial charge in [0.2, 0.25) is 0 Å². The van der Waals surface area contributed by atoms with Crippen molar-refractivity contribution in [3.8, 4) is 17.2 Å². The highest BCUT2D eigenvalue weighted by molar-refractivity contribution is 7.99. The van der Waals surface area contributed by atoms with Crippen LogP contribution in [0.4, 0.5) is 13.2 Å². The van der Waals surface area contributed by atoms with Gasteiger partial charge in [-0.15, -0.1) is 0 Å². The molecule has 8 heteroatoms. The molecule has 0 bridgehead atoms. The van der Waals surface area contributed by atoms with E-state index in [4.69, 9.17) is 9.47 Å². The van der Waals surface area contributed by atoms with Crippen LogP contribution in [-0.2, 0) is 4.79 Å². The van der Waals surface area contributed by atoms with E-state index in [1.807, 2.05) is 38.1 Å². The minimum Gasteiger partial charge on any atom is -0.494 e. The molecule has 0 saturated heterocycles. The smallest absolute Gasteiger partial charge is 0.491 e. The summed E-state index contributed by atoms with van der Waals surface area (Å²) in [6.45, 7) is 5.38. The molecule has 170 valence electrons. The van der Waals surface area contributed by atoms with Crippen molar-refractivity contribution in [1.29, 1.82) is 0 Å². The molecule has 0 aromatic heterocycles. The summed E-state index contributed by atoms with van der Waals surface area (Å²) in [5.74, 6) is -0.499. The Balaban J connectivity index is 0.000000244. The second kappa shape index (κ2) is 12.7. The molecule has 0 aliphatic carbocycles. The van der Waals surface area contributed by atoms with E-state index < -0.39 is 12.1 Å². The molecule has 0 N–H and O–H groups in total. The minimum absolute atomic E-state index is 0.121. The minimum atomic E-state index is -4.95. The predicted octanol–water partition coefficient (Wildman–Crippen LogP) is 6.79. The van der Waals surface area contributed by atoms with Crippen LogP contribution in [0.2, 0.25) is 0 Å². The summed E-state index contributed by atoms with van der Waals surface area (Å²) < 4.78 is 49.9. The van der Waals surface area contributed by atoms with E-state index >= 15 is 0 Å². The number of halogens is 3. The number of para-hydroxylation sites is 1. The van der Waals surface area contributed by atoms with Gasteiger partial charge in [-0.25, -0.2) is 4.79 Å². The molecule has 3 aromatic rings. The van der Waals surface area contributed by atoms with Crippen LogP contribution in [0.25, 0.3) is 0 Å². The molecule has 3 rings (SSSR count). The van der Waals surface area contributed by atoms with Crippen LogP contribution in [0.15, 0.2) is 88.7 Å². The van der Waals surface area contributed by atoms with Gasteiger partial charge in [0.25, 0.3) is 0 Å². The molecule has 0 radical (unpaired) electrons. The van der Waals surface area contributed by atoms with Crippen molar-refractivity contribution in [3.05, 3.63) is 78.9 Å². The van der Waals surface area contributed by atoms with E-state index in [0.717, 1.165) is 11.5 Å². The van der Waals surface area contributed by atoms with Crippen LogP contribution in [0.5, 0.6) is 17.2 Å². The molecule has 0 saturated carbocycles. The summed E-state index contributed by atoms with van der Waals surface area (Å²) in [5.41, 5.74) is 0. The van der Waals surface area contributed by atoms with Crippen LogP contribution in [0.3, 0.4) is 0 Å². The van der Waals surface area contributed by atoms with Crippen molar-refractivity contribution >= 4 is 17.7 Å². The summed E-state index contributed by atoms with van der Waals surface area (Å²) in [6.07, 6.45) is -4.95. The molecule has 0 unspecified atom stereocenters. The molecule has 0 fully saturated rings. The molecule has 0 amide bonds. The fourth-order valence-corrected chi connectivity index (χ4v) is 3.15. The maximum Gasteiger partial charge on any atom is 0.491 e. The maximum absolute atomic E-state index is 11.7. The van der Waals surface area contributed by atoms with Gasteiger partial charge in [-0.3, -0.25) is 0 Å². The lowest BCUT2D eigenvalue weighted by atomic mass is 10.3. The van der Waals surface area contributed by atoms with Gasteiger partial charge in [0.05, 0.1) is 13.2 Å². The van der Waals surface area contributed by atoms with Crippen molar-refractivity contribution in [2.75, 3.05) is 13.2 Å². The normalized spacial score (nSPS) is 10.5. The first-order valence-corrected chi connectivity index (χ1v) is 10.6. The fourth-order valence-electron chi connectivity index (χ4n) is 2.33. The van der Waals surface area contributed by atoms with Gasteiger partial charge in [-0.2, -0.15) is 13.2 Å². The molecule has 0 aliphatic rings. The summed E-state index contributed by atoms with van der Waals surface area (Å²) in [6, 6.07) is 23.4. The zero-order chi connectivity index (χ0) is 23.4. The average Bonchev–Trinajstić information content (AvgIpc) is 2.77. The Morgan fingerprint density at radius 2 is 1.16 bits per heavy atom. The largest absolute Gasteiger partial charge is 0.494 e. The third kappa shape index (κ3) is 8.93. The van der Waals surface area contributed by atoms with Crippen LogP contribution < -0.4 is 14.2 Å². The van der Waals surface area contributed by atoms with Gasteiger partial charge in [-0.1, -0.05) is 30.0 Å². The van der Waals surface area contributed by atoms with E-state index in [1.54, 1.807) is 17.8 Å². The van der Waals surface area contributed by atoms with E-state index in [9.17, 15) is 18.0 Å². The Morgan fingerprint density at radius 3 is 1.53 bits per heavy atom. The molecule has 0 heterocycles. The molecule has 0 aliphatic heterocycles. The topological polar surface area (TPSA) is 44.8 Å². The quantitative estimate of drug-likeness (QED) is 0.285. The van der Waals surface area contributed by atoms with Crippen LogP contribution >= 0.6 is 11.8 Å². The zero-order valence-electron chi connectivity index (χ0n) is 17.6. The van der Waals surface area contributed by atoms with Gasteiger partial charge >= 0.3 is 12.1 Å². The Labute approximate surface area is 189 Å². The monoisotopic (exact) mass is 464 g/mol. The number of benzene rings is 3. The summed E-state index contributed by atoms with van der Waals surface area (Å²) in [5, 5.41) is 0. The van der Waals surface area contributed by atoms with Crippen LogP contribution in [-0.4, -0.2) is 25.4 Å². The van der Waals surface area contributed by atoms with Gasteiger partial charge < -0.3 is 14.2 Å². The molecule has 4 nitrogen and oxygen atoms in total. The zero-order valence-corrected chi connectivity index (χ0v) is 18.4. The van der Waals surface area contributed by atoms with Gasteiger partial charge in [0, 0.05) is 9.79 Å². The maximum atomic E-state index is 11.7. The first-order valence-electron chi connectivity index (χ1n) is 9.79. The third-order valence-corrected chi connectivity index (χ3v) is 4.71. The number of carbonyl (C=O) groups is 1. The molecular formula is C24H23F3O4S. The highest BCUT2D eigenvalue weighted by Crippen LogP contribution is 2.30. The van der Waals surface area contributed by atoms with Crippen molar-refractivity contribution in [1.82, 2.24) is 0 Å². The third-order valence-electron chi connectivity index (χ3n) is 3.69. The number of hydrogen-bond donors (Lipinski definition) is 0. The second-order valence-corrected chi connectivity index (χ2v) is 7.26. The highest BCUT2D eigenvalue weighted by Gasteiger charge is 2.41. The van der Waals surface area contributed by atoms with Gasteiger partial charge in [0.15, 0.2) is 0 Å². The lowest BCUT2D eigenvalue weighted by Crippen LogP contribution is -2.27. The number of ether oxygens (including phenoxy) is 3. The van der Waals surface area contributed by atoms with Crippen LogP contribution in [0, 0.1) is 0 Å². The molecule has 3 aromatic carbocycles. The second-order valence-electron chi connectivity index (χ2n) is 6.11. The standard InChI is InChI=1S/C16H18O2S.C8H5F3O2/c1-3-17-13-5-9-15(10-6-13)19-16-11-7-14(8-12-16)18-4-2;9-8(10,11)7(12)13-6-4-2-1-3-5-6/h5-12H,3-4H2,1-2H3;1-5H. The first kappa shape index (κ1) is 25.1. The van der Waals surface area contributed by atoms with E-state index in [0.29, 0.717) is 13.2 Å². The van der Waals surface area contributed by atoms with E-state index in [-0.39, 0.29) is 5.75 Å². The van der Waals surface area contributed by atoms with E-state index in [2.05, 4.69) is 29.0 Å². The molecule has 0 atom stereocenters. The fraction of sp³-hybridized carbons (Fsp3) is 0.208. The van der Waals surface area contributed by atoms with Crippen molar-refractivity contribution in [3.63, 3.8) is 0 Å².